The van der Waals surface area contributed by atoms with Gasteiger partial charge in [-0.15, -0.1) is 0 Å². The van der Waals surface area contributed by atoms with Crippen LogP contribution in [0.25, 0.3) is 0 Å². The molecule has 0 bridgehead atoms. The maximum Gasteiger partial charge on any atom is 0.339 e. The van der Waals surface area contributed by atoms with Crippen LogP contribution >= 0.6 is 15.9 Å². The molecule has 148 valence electrons. The van der Waals surface area contributed by atoms with Crippen LogP contribution in [-0.4, -0.2) is 33.9 Å². The first kappa shape index (κ1) is 20.2. The maximum absolute atomic E-state index is 13.3. The Hall–Kier alpha value is -2.49. The van der Waals surface area contributed by atoms with E-state index in [9.17, 15) is 19.1 Å². The minimum absolute atomic E-state index is 0.287. The van der Waals surface area contributed by atoms with Gasteiger partial charge in [-0.05, 0) is 61.7 Å². The van der Waals surface area contributed by atoms with Crippen LogP contribution in [-0.2, 0) is 11.2 Å². The van der Waals surface area contributed by atoms with Gasteiger partial charge in [0.1, 0.15) is 11.4 Å². The predicted molar refractivity (Wildman–Crippen MR) is 105 cm³/mol. The predicted octanol–water partition coefficient (Wildman–Crippen LogP) is 2.72. The van der Waals surface area contributed by atoms with Gasteiger partial charge < -0.3 is 15.7 Å². The van der Waals surface area contributed by atoms with Gasteiger partial charge in [0, 0.05) is 10.2 Å². The van der Waals surface area contributed by atoms with E-state index in [4.69, 9.17) is 0 Å². The summed E-state index contributed by atoms with van der Waals surface area (Å²) >= 11 is 3.31. The second kappa shape index (κ2) is 8.26. The van der Waals surface area contributed by atoms with Crippen molar-refractivity contribution in [3.05, 3.63) is 64.4 Å². The van der Waals surface area contributed by atoms with Crippen molar-refractivity contribution in [1.82, 2.24) is 15.8 Å². The molecule has 9 heteroatoms. The highest BCUT2D eigenvalue weighted by Crippen LogP contribution is 2.23. The Morgan fingerprint density at radius 2 is 1.96 bits per heavy atom. The second-order valence-corrected chi connectivity index (χ2v) is 7.63. The summed E-state index contributed by atoms with van der Waals surface area (Å²) in [7, 11) is 0. The summed E-state index contributed by atoms with van der Waals surface area (Å²) in [6, 6.07) is 12.5. The lowest BCUT2D eigenvalue weighted by Gasteiger charge is -2.23. The molecule has 1 fully saturated rings. The van der Waals surface area contributed by atoms with E-state index >= 15 is 0 Å². The van der Waals surface area contributed by atoms with Crippen LogP contribution in [0.15, 0.2) is 53.0 Å². The Morgan fingerprint density at radius 1 is 1.25 bits per heavy atom. The number of anilines is 1. The number of hydrazine groups is 1. The molecule has 1 aliphatic heterocycles. The highest BCUT2D eigenvalue weighted by atomic mass is 79.9. The number of carbonyl (C=O) groups excluding carboxylic acids is 2. The lowest BCUT2D eigenvalue weighted by atomic mass is 9.93. The van der Waals surface area contributed by atoms with Crippen LogP contribution in [0.1, 0.15) is 18.9 Å². The summed E-state index contributed by atoms with van der Waals surface area (Å²) in [6.07, 6.45) is -0.662. The van der Waals surface area contributed by atoms with Gasteiger partial charge in [0.25, 0.3) is 5.91 Å². The molecular formula is C19H20BrFN4O3. The fraction of sp³-hybridized carbons (Fsp3) is 0.263. The van der Waals surface area contributed by atoms with Crippen LogP contribution in [0.5, 0.6) is 0 Å². The van der Waals surface area contributed by atoms with E-state index in [-0.39, 0.29) is 12.2 Å². The van der Waals surface area contributed by atoms with Gasteiger partial charge in [-0.25, -0.2) is 9.18 Å². The quantitative estimate of drug-likeness (QED) is 0.384. The number of nitrogens with zero attached hydrogens (tertiary/aromatic N) is 1. The molecular weight excluding hydrogens is 431 g/mol. The van der Waals surface area contributed by atoms with Crippen molar-refractivity contribution in [1.29, 1.82) is 0 Å². The minimum atomic E-state index is -1.36. The topological polar surface area (TPSA) is 93.7 Å². The number of rotatable bonds is 7. The van der Waals surface area contributed by atoms with Crippen molar-refractivity contribution < 1.29 is 19.1 Å². The van der Waals surface area contributed by atoms with E-state index in [2.05, 4.69) is 32.0 Å². The Balaban J connectivity index is 1.61. The third-order valence-electron chi connectivity index (χ3n) is 4.46. The normalized spacial score (nSPS) is 20.2. The van der Waals surface area contributed by atoms with Gasteiger partial charge in [-0.3, -0.25) is 4.79 Å². The fourth-order valence-electron chi connectivity index (χ4n) is 2.92. The van der Waals surface area contributed by atoms with Crippen LogP contribution in [0.2, 0.25) is 0 Å². The Kier molecular flexibility index (Phi) is 5.97. The lowest BCUT2D eigenvalue weighted by Crippen LogP contribution is -2.52. The van der Waals surface area contributed by atoms with Crippen LogP contribution in [0, 0.1) is 5.82 Å². The number of aliphatic hydroxyl groups is 1. The Morgan fingerprint density at radius 3 is 2.64 bits per heavy atom. The first-order valence-electron chi connectivity index (χ1n) is 8.64. The number of imide groups is 1. The van der Waals surface area contributed by atoms with Crippen molar-refractivity contribution in [2.75, 3.05) is 5.32 Å². The molecule has 1 aliphatic rings. The Bertz CT molecular complexity index is 880. The number of amides is 3. The second-order valence-electron chi connectivity index (χ2n) is 6.72. The molecule has 1 heterocycles. The van der Waals surface area contributed by atoms with E-state index in [0.717, 1.165) is 15.0 Å². The number of hydrogen-bond acceptors (Lipinski definition) is 5. The van der Waals surface area contributed by atoms with Crippen molar-refractivity contribution in [2.24, 2.45) is 0 Å². The van der Waals surface area contributed by atoms with Gasteiger partial charge in [0.15, 0.2) is 6.35 Å². The zero-order chi connectivity index (χ0) is 20.3. The highest BCUT2D eigenvalue weighted by molar-refractivity contribution is 9.10. The third kappa shape index (κ3) is 4.67. The van der Waals surface area contributed by atoms with E-state index in [1.54, 1.807) is 43.3 Å². The zero-order valence-electron chi connectivity index (χ0n) is 15.1. The molecule has 3 rings (SSSR count). The van der Waals surface area contributed by atoms with E-state index < -0.39 is 23.8 Å². The molecule has 2 aromatic rings. The molecule has 2 atom stereocenters. The minimum Gasteiger partial charge on any atom is -0.360 e. The lowest BCUT2D eigenvalue weighted by molar-refractivity contribution is -0.135. The molecule has 0 saturated carbocycles. The molecule has 2 unspecified atom stereocenters. The molecule has 0 radical (unpaired) electrons. The molecule has 28 heavy (non-hydrogen) atoms. The van der Waals surface area contributed by atoms with Gasteiger partial charge in [0.2, 0.25) is 0 Å². The van der Waals surface area contributed by atoms with Crippen LogP contribution in [0.4, 0.5) is 14.9 Å². The summed E-state index contributed by atoms with van der Waals surface area (Å²) in [5.41, 5.74) is 2.62. The molecule has 0 aliphatic carbocycles. The van der Waals surface area contributed by atoms with Gasteiger partial charge in [-0.1, -0.05) is 28.1 Å². The van der Waals surface area contributed by atoms with Gasteiger partial charge in [-0.2, -0.15) is 10.4 Å². The average Bonchev–Trinajstić information content (AvgIpc) is 2.86. The van der Waals surface area contributed by atoms with Crippen LogP contribution in [0.3, 0.4) is 0 Å². The average molecular weight is 451 g/mol. The first-order chi connectivity index (χ1) is 13.3. The fourth-order valence-corrected chi connectivity index (χ4v) is 3.18. The van der Waals surface area contributed by atoms with Crippen molar-refractivity contribution >= 4 is 33.6 Å². The number of benzene rings is 2. The molecule has 3 amide bonds. The Labute approximate surface area is 170 Å². The standard InChI is InChI=1S/C19H20BrFN4O3/c1-19(10-9-12-3-2-4-14(21)11-12)16(26)25(18(28)23-19)24-17(27)22-15-7-5-13(20)6-8-15/h2-8,11,17,22,24,27H,9-10H2,1H3,(H,23,28). The van der Waals surface area contributed by atoms with E-state index in [0.29, 0.717) is 12.1 Å². The molecule has 7 nitrogen and oxygen atoms in total. The van der Waals surface area contributed by atoms with E-state index in [1.807, 2.05) is 0 Å². The highest BCUT2D eigenvalue weighted by Gasteiger charge is 2.48. The molecule has 0 spiro atoms. The summed E-state index contributed by atoms with van der Waals surface area (Å²) < 4.78 is 14.2. The van der Waals surface area contributed by atoms with E-state index in [1.165, 1.54) is 12.1 Å². The summed E-state index contributed by atoms with van der Waals surface area (Å²) in [6.45, 7) is 1.60. The SMILES string of the molecule is CC1(CCc2cccc(F)c2)NC(=O)N(NC(O)Nc2ccc(Br)cc2)C1=O. The van der Waals surface area contributed by atoms with Crippen molar-refractivity contribution in [2.45, 2.75) is 31.7 Å². The third-order valence-corrected chi connectivity index (χ3v) is 4.99. The largest absolute Gasteiger partial charge is 0.360 e. The number of aryl methyl sites for hydroxylation is 1. The molecule has 2 aromatic carbocycles. The maximum atomic E-state index is 13.3. The van der Waals surface area contributed by atoms with Crippen molar-refractivity contribution in [3.8, 4) is 0 Å². The number of urea groups is 1. The summed E-state index contributed by atoms with van der Waals surface area (Å²) in [5, 5.41) is 16.2. The smallest absolute Gasteiger partial charge is 0.339 e. The summed E-state index contributed by atoms with van der Waals surface area (Å²) in [5.74, 6) is -0.875. The summed E-state index contributed by atoms with van der Waals surface area (Å²) in [4.78, 5) is 24.9. The molecule has 4 N–H and O–H groups in total. The molecule has 0 aromatic heterocycles. The first-order valence-corrected chi connectivity index (χ1v) is 9.44. The molecule has 1 saturated heterocycles. The number of carbonyl (C=O) groups is 2. The zero-order valence-corrected chi connectivity index (χ0v) is 16.7. The van der Waals surface area contributed by atoms with Gasteiger partial charge in [0.05, 0.1) is 0 Å². The van der Waals surface area contributed by atoms with Crippen molar-refractivity contribution in [3.63, 3.8) is 0 Å². The number of hydrogen-bond donors (Lipinski definition) is 4. The van der Waals surface area contributed by atoms with Crippen LogP contribution < -0.4 is 16.1 Å². The number of nitrogens with one attached hydrogen (secondary N) is 3. The van der Waals surface area contributed by atoms with Gasteiger partial charge >= 0.3 is 6.03 Å². The number of halogens is 2. The number of aliphatic hydroxyl groups excluding tert-OH is 1. The monoisotopic (exact) mass is 450 g/mol.